The van der Waals surface area contributed by atoms with Gasteiger partial charge in [0, 0.05) is 6.54 Å². The second-order valence-corrected chi connectivity index (χ2v) is 4.68. The summed E-state index contributed by atoms with van der Waals surface area (Å²) in [7, 11) is 1.61. The molecule has 1 saturated carbocycles. The molecule has 0 spiro atoms. The summed E-state index contributed by atoms with van der Waals surface area (Å²) in [5.74, 6) is -1.05. The number of amides is 1. The van der Waals surface area contributed by atoms with Crippen molar-refractivity contribution in [3.8, 4) is 5.75 Å². The minimum Gasteiger partial charge on any atom is -0.497 e. The van der Waals surface area contributed by atoms with E-state index in [-0.39, 0.29) is 11.8 Å². The number of carboxylic acids is 1. The highest BCUT2D eigenvalue weighted by molar-refractivity contribution is 5.89. The highest BCUT2D eigenvalue weighted by Gasteiger charge is 2.48. The normalized spacial score (nSPS) is 20.7. The molecular weight excluding hydrogens is 246 g/mol. The molecule has 0 bridgehead atoms. The minimum absolute atomic E-state index is 0.152. The molecule has 0 aliphatic heterocycles. The lowest BCUT2D eigenvalue weighted by molar-refractivity contribution is -0.140. The number of rotatable bonds is 6. The van der Waals surface area contributed by atoms with Gasteiger partial charge in [0.1, 0.15) is 5.75 Å². The SMILES string of the molecule is COc1ccc(CCNC(=O)C2CC2C(=O)O)cc1. The summed E-state index contributed by atoms with van der Waals surface area (Å²) in [6.45, 7) is 0.522. The first kappa shape index (κ1) is 13.4. The highest BCUT2D eigenvalue weighted by Crippen LogP contribution is 2.38. The van der Waals surface area contributed by atoms with Crippen molar-refractivity contribution >= 4 is 11.9 Å². The van der Waals surface area contributed by atoms with Gasteiger partial charge in [-0.15, -0.1) is 0 Å². The fraction of sp³-hybridized carbons (Fsp3) is 0.429. The van der Waals surface area contributed by atoms with Crippen LogP contribution in [0.15, 0.2) is 24.3 Å². The third kappa shape index (κ3) is 3.47. The highest BCUT2D eigenvalue weighted by atomic mass is 16.5. The maximum absolute atomic E-state index is 11.6. The van der Waals surface area contributed by atoms with Gasteiger partial charge in [-0.25, -0.2) is 0 Å². The average molecular weight is 263 g/mol. The fourth-order valence-electron chi connectivity index (χ4n) is 2.01. The van der Waals surface area contributed by atoms with E-state index in [9.17, 15) is 9.59 Å². The zero-order valence-corrected chi connectivity index (χ0v) is 10.8. The van der Waals surface area contributed by atoms with Crippen molar-refractivity contribution in [3.05, 3.63) is 29.8 Å². The molecule has 1 aromatic carbocycles. The Kier molecular flexibility index (Phi) is 4.04. The number of methoxy groups -OCH3 is 1. The largest absolute Gasteiger partial charge is 0.497 e. The van der Waals surface area contributed by atoms with E-state index in [4.69, 9.17) is 9.84 Å². The lowest BCUT2D eigenvalue weighted by Gasteiger charge is -2.05. The molecule has 1 fully saturated rings. The zero-order valence-electron chi connectivity index (χ0n) is 10.8. The number of aliphatic carboxylic acids is 1. The quantitative estimate of drug-likeness (QED) is 0.805. The van der Waals surface area contributed by atoms with Gasteiger partial charge in [-0.3, -0.25) is 9.59 Å². The Labute approximate surface area is 111 Å². The van der Waals surface area contributed by atoms with E-state index in [1.165, 1.54) is 0 Å². The monoisotopic (exact) mass is 263 g/mol. The predicted octanol–water partition coefficient (Wildman–Crippen LogP) is 1.07. The van der Waals surface area contributed by atoms with Crippen LogP contribution in [-0.2, 0) is 16.0 Å². The summed E-state index contributed by atoms with van der Waals surface area (Å²) in [4.78, 5) is 22.3. The average Bonchev–Trinajstić information content (AvgIpc) is 3.20. The third-order valence-electron chi connectivity index (χ3n) is 3.32. The van der Waals surface area contributed by atoms with E-state index in [1.807, 2.05) is 24.3 Å². The van der Waals surface area contributed by atoms with Gasteiger partial charge in [-0.1, -0.05) is 12.1 Å². The standard InChI is InChI=1S/C14H17NO4/c1-19-10-4-2-9(3-5-10)6-7-15-13(16)11-8-12(11)14(17)18/h2-5,11-12H,6-8H2,1H3,(H,15,16)(H,17,18). The van der Waals surface area contributed by atoms with E-state index < -0.39 is 11.9 Å². The Balaban J connectivity index is 1.71. The van der Waals surface area contributed by atoms with Crippen molar-refractivity contribution in [2.75, 3.05) is 13.7 Å². The van der Waals surface area contributed by atoms with Crippen LogP contribution in [0.2, 0.25) is 0 Å². The molecule has 0 radical (unpaired) electrons. The number of hydrogen-bond acceptors (Lipinski definition) is 3. The molecule has 1 aromatic rings. The van der Waals surface area contributed by atoms with Crippen LogP contribution >= 0.6 is 0 Å². The van der Waals surface area contributed by atoms with Gasteiger partial charge in [-0.05, 0) is 30.5 Å². The molecule has 0 heterocycles. The van der Waals surface area contributed by atoms with Crippen LogP contribution in [0, 0.1) is 11.8 Å². The van der Waals surface area contributed by atoms with Gasteiger partial charge in [0.15, 0.2) is 0 Å². The van der Waals surface area contributed by atoms with E-state index in [0.717, 1.165) is 17.7 Å². The van der Waals surface area contributed by atoms with Crippen molar-refractivity contribution in [2.45, 2.75) is 12.8 Å². The molecule has 1 amide bonds. The number of benzene rings is 1. The minimum atomic E-state index is -0.879. The molecule has 1 aliphatic rings. The van der Waals surface area contributed by atoms with Crippen molar-refractivity contribution < 1.29 is 19.4 Å². The Morgan fingerprint density at radius 1 is 1.32 bits per heavy atom. The molecule has 2 N–H and O–H groups in total. The third-order valence-corrected chi connectivity index (χ3v) is 3.32. The summed E-state index contributed by atoms with van der Waals surface area (Å²) in [5, 5.41) is 11.5. The van der Waals surface area contributed by atoms with Crippen LogP contribution in [0.25, 0.3) is 0 Å². The molecule has 5 nitrogen and oxygen atoms in total. The van der Waals surface area contributed by atoms with Crippen molar-refractivity contribution in [3.63, 3.8) is 0 Å². The molecule has 0 aromatic heterocycles. The van der Waals surface area contributed by atoms with Crippen LogP contribution in [0.1, 0.15) is 12.0 Å². The van der Waals surface area contributed by atoms with Gasteiger partial charge >= 0.3 is 5.97 Å². The van der Waals surface area contributed by atoms with Gasteiger partial charge in [0.25, 0.3) is 0 Å². The summed E-state index contributed by atoms with van der Waals surface area (Å²) in [6.07, 6.45) is 1.18. The Morgan fingerprint density at radius 2 is 2.00 bits per heavy atom. The van der Waals surface area contributed by atoms with Gasteiger partial charge in [0.05, 0.1) is 18.9 Å². The van der Waals surface area contributed by atoms with Crippen LogP contribution in [-0.4, -0.2) is 30.6 Å². The van der Waals surface area contributed by atoms with Crippen LogP contribution in [0.5, 0.6) is 5.75 Å². The first-order chi connectivity index (χ1) is 9.11. The Morgan fingerprint density at radius 3 is 2.53 bits per heavy atom. The Hall–Kier alpha value is -2.04. The number of ether oxygens (including phenoxy) is 1. The van der Waals surface area contributed by atoms with E-state index in [0.29, 0.717) is 13.0 Å². The van der Waals surface area contributed by atoms with Crippen LogP contribution in [0.4, 0.5) is 0 Å². The number of carbonyl (C=O) groups is 2. The van der Waals surface area contributed by atoms with Gasteiger partial charge in [0.2, 0.25) is 5.91 Å². The maximum Gasteiger partial charge on any atom is 0.307 e. The topological polar surface area (TPSA) is 75.6 Å². The number of carboxylic acid groups (broad SMARTS) is 1. The predicted molar refractivity (Wildman–Crippen MR) is 68.9 cm³/mol. The van der Waals surface area contributed by atoms with E-state index in [2.05, 4.69) is 5.32 Å². The second kappa shape index (κ2) is 5.73. The molecule has 1 aliphatic carbocycles. The van der Waals surface area contributed by atoms with Gasteiger partial charge < -0.3 is 15.2 Å². The fourth-order valence-corrected chi connectivity index (χ4v) is 2.01. The lowest BCUT2D eigenvalue weighted by atomic mass is 10.1. The van der Waals surface area contributed by atoms with Crippen LogP contribution in [0.3, 0.4) is 0 Å². The molecule has 102 valence electrons. The van der Waals surface area contributed by atoms with Crippen molar-refractivity contribution in [1.29, 1.82) is 0 Å². The molecular formula is C14H17NO4. The summed E-state index contributed by atoms with van der Waals surface area (Å²) in [6, 6.07) is 7.64. The van der Waals surface area contributed by atoms with Gasteiger partial charge in [-0.2, -0.15) is 0 Å². The first-order valence-electron chi connectivity index (χ1n) is 6.25. The maximum atomic E-state index is 11.6. The number of nitrogens with one attached hydrogen (secondary N) is 1. The number of hydrogen-bond donors (Lipinski definition) is 2. The lowest BCUT2D eigenvalue weighted by Crippen LogP contribution is -2.28. The molecule has 5 heteroatoms. The first-order valence-corrected chi connectivity index (χ1v) is 6.25. The summed E-state index contributed by atoms with van der Waals surface area (Å²) in [5.41, 5.74) is 1.10. The van der Waals surface area contributed by atoms with Crippen molar-refractivity contribution in [2.24, 2.45) is 11.8 Å². The van der Waals surface area contributed by atoms with E-state index >= 15 is 0 Å². The zero-order chi connectivity index (χ0) is 13.8. The molecule has 19 heavy (non-hydrogen) atoms. The molecule has 0 saturated heterocycles. The smallest absolute Gasteiger partial charge is 0.307 e. The number of carbonyl (C=O) groups excluding carboxylic acids is 1. The van der Waals surface area contributed by atoms with Crippen molar-refractivity contribution in [1.82, 2.24) is 5.32 Å². The molecule has 2 unspecified atom stereocenters. The molecule has 2 atom stereocenters. The Bertz CT molecular complexity index is 469. The molecule has 2 rings (SSSR count). The summed E-state index contributed by atoms with van der Waals surface area (Å²) < 4.78 is 5.06. The van der Waals surface area contributed by atoms with Crippen LogP contribution < -0.4 is 10.1 Å². The summed E-state index contributed by atoms with van der Waals surface area (Å²) >= 11 is 0. The van der Waals surface area contributed by atoms with E-state index in [1.54, 1.807) is 7.11 Å². The second-order valence-electron chi connectivity index (χ2n) is 4.68.